The lowest BCUT2D eigenvalue weighted by atomic mass is 10.0. The topological polar surface area (TPSA) is 66.5 Å². The van der Waals surface area contributed by atoms with Crippen LogP contribution < -0.4 is 5.73 Å². The average molecular weight is 179 g/mol. The standard InChI is InChI=1S/C10H13NO2/c1-2-3-9(11)8-5-4-7(12)6-10(8)13/h2,4-6,9,12-13H,1,3,11H2/t9-/m1/s1. The Labute approximate surface area is 77.1 Å². The Bertz CT molecular complexity index is 310. The first kappa shape index (κ1) is 9.61. The molecule has 0 saturated carbocycles. The van der Waals surface area contributed by atoms with Gasteiger partial charge in [0.05, 0.1) is 0 Å². The van der Waals surface area contributed by atoms with Gasteiger partial charge in [0.25, 0.3) is 0 Å². The van der Waals surface area contributed by atoms with Crippen molar-refractivity contribution in [2.75, 3.05) is 0 Å². The van der Waals surface area contributed by atoms with Gasteiger partial charge in [0.15, 0.2) is 0 Å². The highest BCUT2D eigenvalue weighted by atomic mass is 16.3. The third-order valence-corrected chi connectivity index (χ3v) is 1.83. The van der Waals surface area contributed by atoms with E-state index in [1.54, 1.807) is 12.1 Å². The van der Waals surface area contributed by atoms with Crippen LogP contribution in [0.2, 0.25) is 0 Å². The zero-order valence-electron chi connectivity index (χ0n) is 7.27. The van der Waals surface area contributed by atoms with Gasteiger partial charge in [-0.3, -0.25) is 0 Å². The predicted molar refractivity (Wildman–Crippen MR) is 51.5 cm³/mol. The Kier molecular flexibility index (Phi) is 2.93. The minimum atomic E-state index is -0.266. The van der Waals surface area contributed by atoms with E-state index >= 15 is 0 Å². The van der Waals surface area contributed by atoms with Gasteiger partial charge < -0.3 is 15.9 Å². The fourth-order valence-corrected chi connectivity index (χ4v) is 1.15. The number of hydrogen-bond acceptors (Lipinski definition) is 3. The lowest BCUT2D eigenvalue weighted by Crippen LogP contribution is -2.08. The third kappa shape index (κ3) is 2.23. The van der Waals surface area contributed by atoms with Gasteiger partial charge in [-0.2, -0.15) is 0 Å². The highest BCUT2D eigenvalue weighted by molar-refractivity contribution is 5.40. The molecule has 3 heteroatoms. The van der Waals surface area contributed by atoms with Crippen molar-refractivity contribution in [3.05, 3.63) is 36.4 Å². The van der Waals surface area contributed by atoms with E-state index in [4.69, 9.17) is 10.8 Å². The molecule has 3 nitrogen and oxygen atoms in total. The quantitative estimate of drug-likeness (QED) is 0.618. The molecule has 0 bridgehead atoms. The Balaban J connectivity index is 2.94. The lowest BCUT2D eigenvalue weighted by molar-refractivity contribution is 0.442. The summed E-state index contributed by atoms with van der Waals surface area (Å²) in [6, 6.07) is 4.12. The first-order chi connectivity index (χ1) is 6.15. The van der Waals surface area contributed by atoms with E-state index < -0.39 is 0 Å². The van der Waals surface area contributed by atoms with Gasteiger partial charge in [0.2, 0.25) is 0 Å². The average Bonchev–Trinajstić information content (AvgIpc) is 2.04. The summed E-state index contributed by atoms with van der Waals surface area (Å²) in [6.45, 7) is 3.56. The van der Waals surface area contributed by atoms with Crippen molar-refractivity contribution >= 4 is 0 Å². The molecule has 1 rings (SSSR count). The maximum Gasteiger partial charge on any atom is 0.124 e. The number of rotatable bonds is 3. The van der Waals surface area contributed by atoms with Crippen molar-refractivity contribution in [3.63, 3.8) is 0 Å². The second-order valence-corrected chi connectivity index (χ2v) is 2.87. The number of hydrogen-bond donors (Lipinski definition) is 3. The zero-order valence-corrected chi connectivity index (χ0v) is 7.27. The van der Waals surface area contributed by atoms with Crippen LogP contribution >= 0.6 is 0 Å². The van der Waals surface area contributed by atoms with Gasteiger partial charge in [-0.15, -0.1) is 6.58 Å². The molecule has 0 radical (unpaired) electrons. The predicted octanol–water partition coefficient (Wildman–Crippen LogP) is 1.67. The number of phenols is 2. The second-order valence-electron chi connectivity index (χ2n) is 2.87. The highest BCUT2D eigenvalue weighted by Crippen LogP contribution is 2.28. The van der Waals surface area contributed by atoms with Crippen molar-refractivity contribution in [2.24, 2.45) is 5.73 Å². The van der Waals surface area contributed by atoms with Crippen molar-refractivity contribution in [1.82, 2.24) is 0 Å². The first-order valence-corrected chi connectivity index (χ1v) is 4.03. The van der Waals surface area contributed by atoms with Crippen LogP contribution in [0.15, 0.2) is 30.9 Å². The number of phenolic OH excluding ortho intramolecular Hbond substituents is 2. The molecule has 0 aliphatic heterocycles. The Hall–Kier alpha value is -1.48. The Morgan fingerprint density at radius 2 is 2.15 bits per heavy atom. The monoisotopic (exact) mass is 179 g/mol. The van der Waals surface area contributed by atoms with Gasteiger partial charge in [-0.05, 0) is 12.5 Å². The van der Waals surface area contributed by atoms with Crippen molar-refractivity contribution in [1.29, 1.82) is 0 Å². The maximum atomic E-state index is 9.41. The first-order valence-electron chi connectivity index (χ1n) is 4.03. The minimum Gasteiger partial charge on any atom is -0.508 e. The number of aromatic hydroxyl groups is 2. The van der Waals surface area contributed by atoms with Crippen LogP contribution in [0.3, 0.4) is 0 Å². The molecule has 0 aliphatic rings. The Morgan fingerprint density at radius 3 is 2.69 bits per heavy atom. The molecule has 13 heavy (non-hydrogen) atoms. The van der Waals surface area contributed by atoms with E-state index in [2.05, 4.69) is 6.58 Å². The molecule has 70 valence electrons. The van der Waals surface area contributed by atoms with Gasteiger partial charge >= 0.3 is 0 Å². The summed E-state index contributed by atoms with van der Waals surface area (Å²) in [5, 5.41) is 18.4. The van der Waals surface area contributed by atoms with E-state index in [0.717, 1.165) is 0 Å². The molecule has 0 heterocycles. The molecule has 0 fully saturated rings. The van der Waals surface area contributed by atoms with Crippen LogP contribution in [-0.4, -0.2) is 10.2 Å². The van der Waals surface area contributed by atoms with E-state index in [0.29, 0.717) is 12.0 Å². The second kappa shape index (κ2) is 3.96. The smallest absolute Gasteiger partial charge is 0.124 e. The minimum absolute atomic E-state index is 0.0225. The largest absolute Gasteiger partial charge is 0.508 e. The lowest BCUT2D eigenvalue weighted by Gasteiger charge is -2.11. The SMILES string of the molecule is C=CC[C@@H](N)c1ccc(O)cc1O. The summed E-state index contributed by atoms with van der Waals surface area (Å²) >= 11 is 0. The summed E-state index contributed by atoms with van der Waals surface area (Å²) < 4.78 is 0. The van der Waals surface area contributed by atoms with Crippen LogP contribution in [0.4, 0.5) is 0 Å². The molecular weight excluding hydrogens is 166 g/mol. The molecule has 1 aromatic carbocycles. The van der Waals surface area contributed by atoms with Gasteiger partial charge in [0, 0.05) is 17.7 Å². The van der Waals surface area contributed by atoms with Gasteiger partial charge in [0.1, 0.15) is 11.5 Å². The molecule has 0 spiro atoms. The molecular formula is C10H13NO2. The highest BCUT2D eigenvalue weighted by Gasteiger charge is 2.09. The summed E-state index contributed by atoms with van der Waals surface area (Å²) in [4.78, 5) is 0. The van der Waals surface area contributed by atoms with Crippen molar-refractivity contribution in [2.45, 2.75) is 12.5 Å². The van der Waals surface area contributed by atoms with E-state index in [1.807, 2.05) is 0 Å². The fourth-order valence-electron chi connectivity index (χ4n) is 1.15. The van der Waals surface area contributed by atoms with E-state index in [1.165, 1.54) is 12.1 Å². The van der Waals surface area contributed by atoms with Crippen LogP contribution in [0.25, 0.3) is 0 Å². The molecule has 1 atom stereocenters. The zero-order chi connectivity index (χ0) is 9.84. The summed E-state index contributed by atoms with van der Waals surface area (Å²) in [5.74, 6) is 0.0569. The van der Waals surface area contributed by atoms with Gasteiger partial charge in [-0.25, -0.2) is 0 Å². The molecule has 0 unspecified atom stereocenters. The normalized spacial score (nSPS) is 12.4. The van der Waals surface area contributed by atoms with Crippen molar-refractivity contribution < 1.29 is 10.2 Å². The molecule has 4 N–H and O–H groups in total. The molecule has 0 amide bonds. The summed E-state index contributed by atoms with van der Waals surface area (Å²) in [5.41, 5.74) is 6.37. The summed E-state index contributed by atoms with van der Waals surface area (Å²) in [7, 11) is 0. The molecule has 1 aromatic rings. The van der Waals surface area contributed by atoms with Crippen LogP contribution in [0.5, 0.6) is 11.5 Å². The van der Waals surface area contributed by atoms with E-state index in [9.17, 15) is 5.11 Å². The van der Waals surface area contributed by atoms with Gasteiger partial charge in [-0.1, -0.05) is 12.1 Å². The van der Waals surface area contributed by atoms with Crippen molar-refractivity contribution in [3.8, 4) is 11.5 Å². The summed E-state index contributed by atoms with van der Waals surface area (Å²) in [6.07, 6.45) is 2.29. The molecule has 0 aromatic heterocycles. The van der Waals surface area contributed by atoms with Crippen LogP contribution in [0.1, 0.15) is 18.0 Å². The fraction of sp³-hybridized carbons (Fsp3) is 0.200. The van der Waals surface area contributed by atoms with E-state index in [-0.39, 0.29) is 17.5 Å². The maximum absolute atomic E-state index is 9.41. The van der Waals surface area contributed by atoms with Crippen LogP contribution in [-0.2, 0) is 0 Å². The molecule has 0 saturated heterocycles. The number of benzene rings is 1. The van der Waals surface area contributed by atoms with Crippen LogP contribution in [0, 0.1) is 0 Å². The number of nitrogens with two attached hydrogens (primary N) is 1. The molecule has 0 aliphatic carbocycles. The Morgan fingerprint density at radius 1 is 1.46 bits per heavy atom. The third-order valence-electron chi connectivity index (χ3n) is 1.83.